The molecule has 23 heavy (non-hydrogen) atoms. The Bertz CT molecular complexity index is 729. The smallest absolute Gasteiger partial charge is 0.250 e. The summed E-state index contributed by atoms with van der Waals surface area (Å²) in [5.74, 6) is 2.26. The Balaban J connectivity index is 1.45. The fraction of sp³-hybridized carbons (Fsp3) is 0.294. The van der Waals surface area contributed by atoms with Gasteiger partial charge in [0.2, 0.25) is 5.91 Å². The van der Waals surface area contributed by atoms with Crippen molar-refractivity contribution in [3.05, 3.63) is 53.7 Å². The summed E-state index contributed by atoms with van der Waals surface area (Å²) in [5, 5.41) is 3.86. The molecule has 0 spiro atoms. The van der Waals surface area contributed by atoms with Gasteiger partial charge in [-0.05, 0) is 36.6 Å². The standard InChI is InChI=1S/C17H17FN2O2S/c1-11-8-13(11)15-7-6-12(22-15)9-19-20-17(21)10-23-16-5-3-2-4-14(16)18/h2-7,9,11,13H,8,10H2,1H3,(H,20,21)/b19-9-/t11-,13+/m0/s1. The first-order chi connectivity index (χ1) is 11.1. The number of halogens is 1. The van der Waals surface area contributed by atoms with Crippen LogP contribution in [0.3, 0.4) is 0 Å². The van der Waals surface area contributed by atoms with Gasteiger partial charge in [0, 0.05) is 10.8 Å². The van der Waals surface area contributed by atoms with E-state index < -0.39 is 0 Å². The van der Waals surface area contributed by atoms with Gasteiger partial charge in [0.25, 0.3) is 0 Å². The van der Waals surface area contributed by atoms with E-state index in [1.165, 1.54) is 12.3 Å². The van der Waals surface area contributed by atoms with Crippen molar-refractivity contribution in [3.63, 3.8) is 0 Å². The molecular weight excluding hydrogens is 315 g/mol. The van der Waals surface area contributed by atoms with E-state index in [4.69, 9.17) is 4.42 Å². The van der Waals surface area contributed by atoms with E-state index in [0.717, 1.165) is 23.9 Å². The summed E-state index contributed by atoms with van der Waals surface area (Å²) in [4.78, 5) is 12.1. The van der Waals surface area contributed by atoms with E-state index in [0.29, 0.717) is 22.5 Å². The van der Waals surface area contributed by atoms with Crippen molar-refractivity contribution in [2.24, 2.45) is 11.0 Å². The summed E-state index contributed by atoms with van der Waals surface area (Å²) < 4.78 is 19.1. The summed E-state index contributed by atoms with van der Waals surface area (Å²) >= 11 is 1.13. The number of hydrogen-bond donors (Lipinski definition) is 1. The lowest BCUT2D eigenvalue weighted by Crippen LogP contribution is -2.19. The Morgan fingerprint density at radius 2 is 2.22 bits per heavy atom. The minimum absolute atomic E-state index is 0.0985. The summed E-state index contributed by atoms with van der Waals surface area (Å²) in [5.41, 5.74) is 2.41. The summed E-state index contributed by atoms with van der Waals surface area (Å²) in [6.45, 7) is 2.19. The topological polar surface area (TPSA) is 54.6 Å². The molecule has 1 heterocycles. The number of hydrazone groups is 1. The molecule has 1 saturated carbocycles. The minimum atomic E-state index is -0.328. The van der Waals surface area contributed by atoms with Crippen LogP contribution in [0.5, 0.6) is 0 Å². The van der Waals surface area contributed by atoms with Crippen molar-refractivity contribution < 1.29 is 13.6 Å². The van der Waals surface area contributed by atoms with Crippen molar-refractivity contribution >= 4 is 23.9 Å². The average Bonchev–Trinajstić information content (AvgIpc) is 3.08. The zero-order valence-corrected chi connectivity index (χ0v) is 13.5. The maximum absolute atomic E-state index is 13.4. The number of furan rings is 1. The molecule has 1 fully saturated rings. The molecule has 0 saturated heterocycles. The fourth-order valence-electron chi connectivity index (χ4n) is 2.26. The van der Waals surface area contributed by atoms with Gasteiger partial charge in [-0.15, -0.1) is 11.8 Å². The molecule has 1 N–H and O–H groups in total. The third kappa shape index (κ3) is 4.22. The minimum Gasteiger partial charge on any atom is -0.460 e. The van der Waals surface area contributed by atoms with Crippen LogP contribution in [0.15, 0.2) is 50.8 Å². The number of thioether (sulfide) groups is 1. The molecular formula is C17H17FN2O2S. The summed E-state index contributed by atoms with van der Waals surface area (Å²) in [7, 11) is 0. The Kier molecular flexibility index (Phi) is 4.81. The molecule has 1 aliphatic carbocycles. The first-order valence-electron chi connectivity index (χ1n) is 7.42. The van der Waals surface area contributed by atoms with E-state index in [-0.39, 0.29) is 17.5 Å². The lowest BCUT2D eigenvalue weighted by atomic mass is 10.3. The predicted molar refractivity (Wildman–Crippen MR) is 88.1 cm³/mol. The van der Waals surface area contributed by atoms with Gasteiger partial charge in [-0.2, -0.15) is 5.10 Å². The molecule has 6 heteroatoms. The second kappa shape index (κ2) is 7.00. The van der Waals surface area contributed by atoms with Gasteiger partial charge in [0.15, 0.2) is 0 Å². The molecule has 2 atom stereocenters. The second-order valence-corrected chi connectivity index (χ2v) is 6.59. The van der Waals surface area contributed by atoms with Gasteiger partial charge in [-0.25, -0.2) is 9.82 Å². The van der Waals surface area contributed by atoms with Crippen molar-refractivity contribution in [1.82, 2.24) is 5.43 Å². The van der Waals surface area contributed by atoms with E-state index >= 15 is 0 Å². The van der Waals surface area contributed by atoms with Crippen molar-refractivity contribution in [1.29, 1.82) is 0 Å². The number of rotatable bonds is 6. The van der Waals surface area contributed by atoms with Gasteiger partial charge in [0.1, 0.15) is 17.3 Å². The van der Waals surface area contributed by atoms with Crippen LogP contribution < -0.4 is 5.43 Å². The third-order valence-corrected chi connectivity index (χ3v) is 4.75. The molecule has 1 aromatic carbocycles. The molecule has 0 bridgehead atoms. The van der Waals surface area contributed by atoms with Crippen LogP contribution in [-0.4, -0.2) is 17.9 Å². The molecule has 4 nitrogen and oxygen atoms in total. The molecule has 0 radical (unpaired) electrons. The van der Waals surface area contributed by atoms with Crippen LogP contribution in [0.2, 0.25) is 0 Å². The number of nitrogens with one attached hydrogen (secondary N) is 1. The number of hydrogen-bond acceptors (Lipinski definition) is 4. The maximum Gasteiger partial charge on any atom is 0.250 e. The molecule has 120 valence electrons. The Labute approximate surface area is 138 Å². The van der Waals surface area contributed by atoms with Crippen LogP contribution >= 0.6 is 11.8 Å². The van der Waals surface area contributed by atoms with E-state index in [2.05, 4.69) is 17.5 Å². The van der Waals surface area contributed by atoms with Gasteiger partial charge in [-0.3, -0.25) is 4.79 Å². The lowest BCUT2D eigenvalue weighted by Gasteiger charge is -2.01. The number of carbonyl (C=O) groups is 1. The third-order valence-electron chi connectivity index (χ3n) is 3.70. The summed E-state index contributed by atoms with van der Waals surface area (Å²) in [6, 6.07) is 10.1. The molecule has 0 unspecified atom stereocenters. The van der Waals surface area contributed by atoms with Crippen LogP contribution in [0, 0.1) is 11.7 Å². The van der Waals surface area contributed by atoms with Crippen LogP contribution in [0.4, 0.5) is 4.39 Å². The highest BCUT2D eigenvalue weighted by Crippen LogP contribution is 2.47. The van der Waals surface area contributed by atoms with E-state index in [1.807, 2.05) is 12.1 Å². The van der Waals surface area contributed by atoms with Gasteiger partial charge >= 0.3 is 0 Å². The molecule has 1 amide bonds. The van der Waals surface area contributed by atoms with Crippen LogP contribution in [0.1, 0.15) is 30.8 Å². The van der Waals surface area contributed by atoms with Crippen molar-refractivity contribution in [2.45, 2.75) is 24.2 Å². The van der Waals surface area contributed by atoms with Crippen molar-refractivity contribution in [3.8, 4) is 0 Å². The number of benzene rings is 1. The van der Waals surface area contributed by atoms with Gasteiger partial charge < -0.3 is 4.42 Å². The number of amides is 1. The zero-order chi connectivity index (χ0) is 16.2. The summed E-state index contributed by atoms with van der Waals surface area (Å²) in [6.07, 6.45) is 2.64. The fourth-order valence-corrected chi connectivity index (χ4v) is 2.99. The van der Waals surface area contributed by atoms with E-state index in [1.54, 1.807) is 18.2 Å². The largest absolute Gasteiger partial charge is 0.460 e. The van der Waals surface area contributed by atoms with Crippen LogP contribution in [0.25, 0.3) is 0 Å². The Hall–Kier alpha value is -2.08. The monoisotopic (exact) mass is 332 g/mol. The number of nitrogens with zero attached hydrogens (tertiary/aromatic N) is 1. The zero-order valence-electron chi connectivity index (χ0n) is 12.7. The first-order valence-corrected chi connectivity index (χ1v) is 8.41. The molecule has 1 aromatic heterocycles. The normalized spacial score (nSPS) is 19.9. The predicted octanol–water partition coefficient (Wildman–Crippen LogP) is 3.78. The molecule has 3 rings (SSSR count). The van der Waals surface area contributed by atoms with Gasteiger partial charge in [0.05, 0.1) is 12.0 Å². The van der Waals surface area contributed by atoms with E-state index in [9.17, 15) is 9.18 Å². The highest BCUT2D eigenvalue weighted by molar-refractivity contribution is 8.00. The number of carbonyl (C=O) groups excluding carboxylic acids is 1. The quantitative estimate of drug-likeness (QED) is 0.497. The maximum atomic E-state index is 13.4. The van der Waals surface area contributed by atoms with Gasteiger partial charge in [-0.1, -0.05) is 19.1 Å². The average molecular weight is 332 g/mol. The highest BCUT2D eigenvalue weighted by Gasteiger charge is 2.36. The second-order valence-electron chi connectivity index (χ2n) is 5.57. The van der Waals surface area contributed by atoms with Crippen LogP contribution in [-0.2, 0) is 4.79 Å². The SMILES string of the molecule is C[C@H]1C[C@H]1c1ccc(/C=N\NC(=O)CSc2ccccc2F)o1. The van der Waals surface area contributed by atoms with Crippen molar-refractivity contribution in [2.75, 3.05) is 5.75 Å². The molecule has 0 aliphatic heterocycles. The Morgan fingerprint density at radius 3 is 2.96 bits per heavy atom. The first kappa shape index (κ1) is 15.8. The molecule has 1 aliphatic rings. The highest BCUT2D eigenvalue weighted by atomic mass is 32.2. The Morgan fingerprint density at radius 1 is 1.43 bits per heavy atom. The lowest BCUT2D eigenvalue weighted by molar-refractivity contribution is -0.118. The molecule has 2 aromatic rings.